The molecule has 154 valence electrons. The molecule has 0 aliphatic heterocycles. The number of fused-ring (bicyclic) bond motifs is 1. The molecule has 1 aromatic carbocycles. The number of carbonyl (C=O) groups excluding carboxylic acids is 1. The van der Waals surface area contributed by atoms with Gasteiger partial charge in [0.05, 0.1) is 25.5 Å². The van der Waals surface area contributed by atoms with Gasteiger partial charge in [-0.15, -0.1) is 0 Å². The molecule has 0 aliphatic carbocycles. The summed E-state index contributed by atoms with van der Waals surface area (Å²) in [6.07, 6.45) is 4.73. The van der Waals surface area contributed by atoms with Crippen molar-refractivity contribution in [3.8, 4) is 5.75 Å². The quantitative estimate of drug-likeness (QED) is 0.596. The Morgan fingerprint density at radius 2 is 2.03 bits per heavy atom. The van der Waals surface area contributed by atoms with Crippen LogP contribution in [0.4, 0.5) is 10.5 Å². The topological polar surface area (TPSA) is 81.1 Å². The maximum absolute atomic E-state index is 11.9. The third kappa shape index (κ3) is 4.50. The van der Waals surface area contributed by atoms with E-state index in [1.807, 2.05) is 32.0 Å². The molecule has 0 unspecified atom stereocenters. The van der Waals surface area contributed by atoms with E-state index in [-0.39, 0.29) is 6.03 Å². The lowest BCUT2D eigenvalue weighted by molar-refractivity contribution is 0.252. The Morgan fingerprint density at radius 1 is 1.24 bits per heavy atom. The van der Waals surface area contributed by atoms with Gasteiger partial charge in [-0.05, 0) is 26.3 Å². The van der Waals surface area contributed by atoms with Crippen molar-refractivity contribution in [3.63, 3.8) is 0 Å². The van der Waals surface area contributed by atoms with Crippen molar-refractivity contribution in [1.82, 2.24) is 19.9 Å². The van der Waals surface area contributed by atoms with Gasteiger partial charge in [-0.3, -0.25) is 0 Å². The van der Waals surface area contributed by atoms with Crippen LogP contribution in [0.1, 0.15) is 43.6 Å². The maximum atomic E-state index is 11.9. The SMILES string of the molecule is CCCCc1nc2c(C)c(NC(=O)NCC)cnc2n1Cc1ccccc1OC. The molecule has 3 rings (SSSR count). The predicted molar refractivity (Wildman–Crippen MR) is 116 cm³/mol. The number of aryl methyl sites for hydroxylation is 2. The summed E-state index contributed by atoms with van der Waals surface area (Å²) in [5.41, 5.74) is 4.31. The number of para-hydroxylation sites is 1. The average molecular weight is 396 g/mol. The molecule has 2 heterocycles. The van der Waals surface area contributed by atoms with Crippen LogP contribution in [-0.4, -0.2) is 34.2 Å². The highest BCUT2D eigenvalue weighted by Crippen LogP contribution is 2.27. The number of imidazole rings is 1. The number of carbonyl (C=O) groups is 1. The summed E-state index contributed by atoms with van der Waals surface area (Å²) in [4.78, 5) is 21.5. The number of nitrogens with zero attached hydrogens (tertiary/aromatic N) is 3. The smallest absolute Gasteiger partial charge is 0.319 e. The highest BCUT2D eigenvalue weighted by Gasteiger charge is 2.18. The summed E-state index contributed by atoms with van der Waals surface area (Å²) in [6, 6.07) is 7.76. The van der Waals surface area contributed by atoms with Crippen LogP contribution in [0.25, 0.3) is 11.2 Å². The molecule has 0 fully saturated rings. The van der Waals surface area contributed by atoms with E-state index in [0.29, 0.717) is 18.8 Å². The molecule has 0 saturated carbocycles. The lowest BCUT2D eigenvalue weighted by Gasteiger charge is -2.12. The molecule has 0 radical (unpaired) electrons. The maximum Gasteiger partial charge on any atom is 0.319 e. The Balaban J connectivity index is 2.05. The summed E-state index contributed by atoms with van der Waals surface area (Å²) in [7, 11) is 1.69. The van der Waals surface area contributed by atoms with Gasteiger partial charge in [0.2, 0.25) is 0 Å². The van der Waals surface area contributed by atoms with E-state index in [0.717, 1.165) is 53.1 Å². The van der Waals surface area contributed by atoms with E-state index < -0.39 is 0 Å². The van der Waals surface area contributed by atoms with Crippen LogP contribution in [-0.2, 0) is 13.0 Å². The first-order chi connectivity index (χ1) is 14.1. The predicted octanol–water partition coefficient (Wildman–Crippen LogP) is 4.28. The number of hydrogen-bond acceptors (Lipinski definition) is 4. The van der Waals surface area contributed by atoms with E-state index in [4.69, 9.17) is 9.72 Å². The highest BCUT2D eigenvalue weighted by atomic mass is 16.5. The second kappa shape index (κ2) is 9.41. The van der Waals surface area contributed by atoms with Crippen molar-refractivity contribution in [2.24, 2.45) is 0 Å². The summed E-state index contributed by atoms with van der Waals surface area (Å²) in [5, 5.41) is 5.60. The van der Waals surface area contributed by atoms with Crippen LogP contribution in [0.5, 0.6) is 5.75 Å². The number of anilines is 1. The van der Waals surface area contributed by atoms with Crippen molar-refractivity contribution in [3.05, 3.63) is 47.4 Å². The monoisotopic (exact) mass is 395 g/mol. The van der Waals surface area contributed by atoms with Crippen LogP contribution in [0.15, 0.2) is 30.5 Å². The molecular formula is C22H29N5O2. The third-order valence-corrected chi connectivity index (χ3v) is 4.96. The number of nitrogens with one attached hydrogen (secondary N) is 2. The van der Waals surface area contributed by atoms with Crippen LogP contribution in [0.2, 0.25) is 0 Å². The molecule has 2 N–H and O–H groups in total. The standard InChI is InChI=1S/C22H29N5O2/c1-5-7-12-19-26-20-15(3)17(25-22(28)23-6-2)13-24-21(20)27(19)14-16-10-8-9-11-18(16)29-4/h8-11,13H,5-7,12,14H2,1-4H3,(H2,23,25,28). The molecule has 0 bridgehead atoms. The van der Waals surface area contributed by atoms with Crippen LogP contribution in [0.3, 0.4) is 0 Å². The fourth-order valence-corrected chi connectivity index (χ4v) is 3.37. The van der Waals surface area contributed by atoms with E-state index >= 15 is 0 Å². The normalized spacial score (nSPS) is 10.9. The van der Waals surface area contributed by atoms with Crippen molar-refractivity contribution in [2.45, 2.75) is 46.6 Å². The second-order valence-electron chi connectivity index (χ2n) is 6.98. The highest BCUT2D eigenvalue weighted by molar-refractivity contribution is 5.93. The summed E-state index contributed by atoms with van der Waals surface area (Å²) in [5.74, 6) is 1.85. The van der Waals surface area contributed by atoms with Gasteiger partial charge in [0, 0.05) is 24.1 Å². The molecule has 0 aliphatic rings. The minimum Gasteiger partial charge on any atom is -0.496 e. The molecule has 3 aromatic rings. The first-order valence-electron chi connectivity index (χ1n) is 10.1. The number of urea groups is 1. The summed E-state index contributed by atoms with van der Waals surface area (Å²) < 4.78 is 7.69. The molecule has 7 nitrogen and oxygen atoms in total. The Morgan fingerprint density at radius 3 is 2.76 bits per heavy atom. The van der Waals surface area contributed by atoms with E-state index in [9.17, 15) is 4.79 Å². The molecule has 0 saturated heterocycles. The Hall–Kier alpha value is -3.09. The minimum atomic E-state index is -0.239. The molecular weight excluding hydrogens is 366 g/mol. The first-order valence-corrected chi connectivity index (χ1v) is 10.1. The fraction of sp³-hybridized carbons (Fsp3) is 0.409. The summed E-state index contributed by atoms with van der Waals surface area (Å²) in [6.45, 7) is 7.22. The molecule has 29 heavy (non-hydrogen) atoms. The molecule has 0 spiro atoms. The number of methoxy groups -OCH3 is 1. The van der Waals surface area contributed by atoms with Crippen LogP contribution in [0, 0.1) is 6.92 Å². The Bertz CT molecular complexity index is 996. The summed E-state index contributed by atoms with van der Waals surface area (Å²) >= 11 is 0. The zero-order valence-electron chi connectivity index (χ0n) is 17.6. The molecule has 2 amide bonds. The largest absolute Gasteiger partial charge is 0.496 e. The van der Waals surface area contributed by atoms with Gasteiger partial charge in [-0.2, -0.15) is 0 Å². The van der Waals surface area contributed by atoms with Crippen molar-refractivity contribution in [1.29, 1.82) is 0 Å². The van der Waals surface area contributed by atoms with Gasteiger partial charge in [-0.1, -0.05) is 31.5 Å². The number of ether oxygens (including phenoxy) is 1. The van der Waals surface area contributed by atoms with Crippen molar-refractivity contribution >= 4 is 22.9 Å². The van der Waals surface area contributed by atoms with Gasteiger partial charge in [0.1, 0.15) is 17.1 Å². The third-order valence-electron chi connectivity index (χ3n) is 4.96. The number of benzene rings is 1. The van der Waals surface area contributed by atoms with Gasteiger partial charge < -0.3 is 19.9 Å². The first kappa shape index (κ1) is 20.6. The van der Waals surface area contributed by atoms with E-state index in [1.165, 1.54) is 0 Å². The van der Waals surface area contributed by atoms with Crippen LogP contribution < -0.4 is 15.4 Å². The number of unbranched alkanes of at least 4 members (excludes halogenated alkanes) is 1. The molecule has 7 heteroatoms. The molecule has 2 aromatic heterocycles. The van der Waals surface area contributed by atoms with Gasteiger partial charge in [0.15, 0.2) is 5.65 Å². The number of amides is 2. The lowest BCUT2D eigenvalue weighted by atomic mass is 10.2. The van der Waals surface area contributed by atoms with Crippen molar-refractivity contribution < 1.29 is 9.53 Å². The van der Waals surface area contributed by atoms with Gasteiger partial charge >= 0.3 is 6.03 Å². The minimum absolute atomic E-state index is 0.239. The number of hydrogen-bond donors (Lipinski definition) is 2. The fourth-order valence-electron chi connectivity index (χ4n) is 3.37. The zero-order valence-corrected chi connectivity index (χ0v) is 17.6. The van der Waals surface area contributed by atoms with Gasteiger partial charge in [0.25, 0.3) is 0 Å². The number of pyridine rings is 1. The Kier molecular flexibility index (Phi) is 6.69. The van der Waals surface area contributed by atoms with Gasteiger partial charge in [-0.25, -0.2) is 14.8 Å². The van der Waals surface area contributed by atoms with Crippen molar-refractivity contribution in [2.75, 3.05) is 19.0 Å². The number of aromatic nitrogens is 3. The second-order valence-corrected chi connectivity index (χ2v) is 6.98. The number of rotatable bonds is 8. The zero-order chi connectivity index (χ0) is 20.8. The van der Waals surface area contributed by atoms with E-state index in [2.05, 4.69) is 33.2 Å². The molecule has 0 atom stereocenters. The average Bonchev–Trinajstić information content (AvgIpc) is 3.07. The van der Waals surface area contributed by atoms with Crippen LogP contribution >= 0.6 is 0 Å². The Labute approximate surface area is 171 Å². The lowest BCUT2D eigenvalue weighted by Crippen LogP contribution is -2.28. The van der Waals surface area contributed by atoms with E-state index in [1.54, 1.807) is 13.3 Å².